The fourth-order valence-electron chi connectivity index (χ4n) is 5.88. The minimum atomic E-state index is -4.68. The molecule has 1 N–H and O–H groups in total. The SMILES string of the molecule is Cc1cccc(-c2c(Cl)cc3c(nc(N4CC(N(C)C)C4)c4cnn(C5CCNCC5)c43)c2F)c1C(F)(F)F. The average Bonchev–Trinajstić information content (AvgIpc) is 3.29. The van der Waals surface area contributed by atoms with Gasteiger partial charge < -0.3 is 15.1 Å². The molecule has 2 fully saturated rings. The number of piperidine rings is 1. The van der Waals surface area contributed by atoms with Crippen molar-refractivity contribution in [2.45, 2.75) is 38.0 Å². The summed E-state index contributed by atoms with van der Waals surface area (Å²) in [6.07, 6.45) is -1.20. The highest BCUT2D eigenvalue weighted by molar-refractivity contribution is 6.35. The van der Waals surface area contributed by atoms with E-state index in [2.05, 4.69) is 15.1 Å². The van der Waals surface area contributed by atoms with Gasteiger partial charge in [0.05, 0.1) is 33.7 Å². The first-order chi connectivity index (χ1) is 18.6. The maximum atomic E-state index is 16.5. The summed E-state index contributed by atoms with van der Waals surface area (Å²) < 4.78 is 60.8. The van der Waals surface area contributed by atoms with E-state index in [0.717, 1.165) is 31.3 Å². The maximum absolute atomic E-state index is 16.5. The lowest BCUT2D eigenvalue weighted by atomic mass is 9.93. The molecular formula is C28H29ClF4N6. The molecule has 4 heterocycles. The van der Waals surface area contributed by atoms with E-state index < -0.39 is 17.6 Å². The van der Waals surface area contributed by atoms with Crippen LogP contribution < -0.4 is 10.2 Å². The highest BCUT2D eigenvalue weighted by Gasteiger charge is 2.37. The third-order valence-electron chi connectivity index (χ3n) is 8.07. The van der Waals surface area contributed by atoms with Crippen LogP contribution in [-0.4, -0.2) is 66.0 Å². The fourth-order valence-corrected chi connectivity index (χ4v) is 6.18. The molecule has 0 aliphatic carbocycles. The molecule has 6 nitrogen and oxygen atoms in total. The lowest BCUT2D eigenvalue weighted by Crippen LogP contribution is -2.57. The van der Waals surface area contributed by atoms with E-state index in [9.17, 15) is 13.2 Å². The Labute approximate surface area is 228 Å². The number of fused-ring (bicyclic) bond motifs is 3. The smallest absolute Gasteiger partial charge is 0.353 e. The van der Waals surface area contributed by atoms with Crippen molar-refractivity contribution in [1.29, 1.82) is 0 Å². The van der Waals surface area contributed by atoms with E-state index in [-0.39, 0.29) is 33.3 Å². The fraction of sp³-hybridized carbons (Fsp3) is 0.429. The van der Waals surface area contributed by atoms with Crippen molar-refractivity contribution < 1.29 is 17.6 Å². The molecule has 2 saturated heterocycles. The summed E-state index contributed by atoms with van der Waals surface area (Å²) in [5.74, 6) is -0.275. The van der Waals surface area contributed by atoms with Crippen LogP contribution in [0.15, 0.2) is 30.5 Å². The van der Waals surface area contributed by atoms with Crippen molar-refractivity contribution in [3.63, 3.8) is 0 Å². The van der Waals surface area contributed by atoms with E-state index in [1.54, 1.807) is 12.3 Å². The third-order valence-corrected chi connectivity index (χ3v) is 8.37. The van der Waals surface area contributed by atoms with Gasteiger partial charge in [0.1, 0.15) is 11.3 Å². The van der Waals surface area contributed by atoms with E-state index >= 15 is 4.39 Å². The van der Waals surface area contributed by atoms with Gasteiger partial charge in [0.2, 0.25) is 0 Å². The minimum Gasteiger partial charge on any atom is -0.353 e. The number of rotatable bonds is 4. The normalized spacial score (nSPS) is 17.5. The Morgan fingerprint density at radius 3 is 2.49 bits per heavy atom. The Balaban J connectivity index is 1.63. The van der Waals surface area contributed by atoms with Gasteiger partial charge in [-0.2, -0.15) is 18.3 Å². The number of aromatic nitrogens is 3. The van der Waals surface area contributed by atoms with Gasteiger partial charge in [-0.15, -0.1) is 0 Å². The Kier molecular flexibility index (Phi) is 6.47. The first-order valence-electron chi connectivity index (χ1n) is 13.0. The Morgan fingerprint density at radius 1 is 1.10 bits per heavy atom. The minimum absolute atomic E-state index is 0.000968. The number of hydrogen-bond donors (Lipinski definition) is 1. The molecule has 2 aromatic heterocycles. The molecule has 11 heteroatoms. The van der Waals surface area contributed by atoms with Gasteiger partial charge in [-0.25, -0.2) is 9.37 Å². The lowest BCUT2D eigenvalue weighted by Gasteiger charge is -2.43. The van der Waals surface area contributed by atoms with Crippen LogP contribution in [0.5, 0.6) is 0 Å². The molecule has 0 amide bonds. The number of pyridine rings is 1. The summed E-state index contributed by atoms with van der Waals surface area (Å²) in [5, 5.41) is 9.21. The van der Waals surface area contributed by atoms with Crippen LogP contribution in [-0.2, 0) is 6.18 Å². The zero-order chi connectivity index (χ0) is 27.6. The highest BCUT2D eigenvalue weighted by Crippen LogP contribution is 2.46. The molecule has 4 aromatic rings. The first kappa shape index (κ1) is 26.3. The third kappa shape index (κ3) is 4.33. The second-order valence-corrected chi connectivity index (χ2v) is 11.1. The molecule has 39 heavy (non-hydrogen) atoms. The Hall–Kier alpha value is -2.95. The maximum Gasteiger partial charge on any atom is 0.417 e. The summed E-state index contributed by atoms with van der Waals surface area (Å²) in [6.45, 7) is 4.45. The summed E-state index contributed by atoms with van der Waals surface area (Å²) in [7, 11) is 4.02. The molecule has 0 saturated carbocycles. The number of nitrogens with one attached hydrogen (secondary N) is 1. The first-order valence-corrected chi connectivity index (χ1v) is 13.4. The largest absolute Gasteiger partial charge is 0.417 e. The predicted molar refractivity (Wildman–Crippen MR) is 146 cm³/mol. The quantitative estimate of drug-likeness (QED) is 0.308. The van der Waals surface area contributed by atoms with Crippen molar-refractivity contribution in [3.8, 4) is 11.1 Å². The number of nitrogens with zero attached hydrogens (tertiary/aromatic N) is 5. The summed E-state index contributed by atoms with van der Waals surface area (Å²) in [5.41, 5.74) is -0.778. The molecule has 0 unspecified atom stereocenters. The van der Waals surface area contributed by atoms with Gasteiger partial charge in [0, 0.05) is 30.1 Å². The predicted octanol–water partition coefficient (Wildman–Crippen LogP) is 6.05. The second kappa shape index (κ2) is 9.60. The molecule has 0 bridgehead atoms. The zero-order valence-corrected chi connectivity index (χ0v) is 22.7. The Bertz CT molecular complexity index is 1570. The monoisotopic (exact) mass is 560 g/mol. The van der Waals surface area contributed by atoms with Gasteiger partial charge >= 0.3 is 6.18 Å². The van der Waals surface area contributed by atoms with Gasteiger partial charge in [-0.05, 0) is 64.1 Å². The van der Waals surface area contributed by atoms with Crippen molar-refractivity contribution in [2.75, 3.05) is 45.2 Å². The standard InChI is InChI=1S/C28H29ClF4N6/c1-15-5-4-6-18(23(15)28(31,32)33)22-21(29)11-19-25(24(22)30)36-27(38-13-17(14-38)37(2)3)20-12-35-39(26(19)20)16-7-9-34-10-8-16/h4-6,11-12,16-17,34H,7-10,13-14H2,1-3H3. The number of benzene rings is 2. The van der Waals surface area contributed by atoms with Crippen LogP contribution in [0.2, 0.25) is 5.02 Å². The number of anilines is 1. The lowest BCUT2D eigenvalue weighted by molar-refractivity contribution is -0.137. The van der Waals surface area contributed by atoms with Crippen LogP contribution in [0.3, 0.4) is 0 Å². The molecule has 206 valence electrons. The molecule has 2 aliphatic heterocycles. The second-order valence-electron chi connectivity index (χ2n) is 10.7. The molecule has 6 rings (SSSR count). The van der Waals surface area contributed by atoms with Crippen LogP contribution in [0.1, 0.15) is 30.0 Å². The zero-order valence-electron chi connectivity index (χ0n) is 21.9. The summed E-state index contributed by atoms with van der Waals surface area (Å²) in [6, 6.07) is 6.08. The molecular weight excluding hydrogens is 532 g/mol. The van der Waals surface area contributed by atoms with Crippen LogP contribution in [0, 0.1) is 12.7 Å². The molecule has 0 radical (unpaired) electrons. The molecule has 0 spiro atoms. The van der Waals surface area contributed by atoms with Gasteiger partial charge in [0.25, 0.3) is 0 Å². The van der Waals surface area contributed by atoms with Crippen molar-refractivity contribution in [1.82, 2.24) is 25.0 Å². The van der Waals surface area contributed by atoms with Crippen LogP contribution in [0.25, 0.3) is 32.9 Å². The topological polar surface area (TPSA) is 49.2 Å². The number of hydrogen-bond acceptors (Lipinski definition) is 5. The molecule has 2 aliphatic rings. The average molecular weight is 561 g/mol. The number of alkyl halides is 3. The van der Waals surface area contributed by atoms with E-state index in [1.807, 2.05) is 18.8 Å². The van der Waals surface area contributed by atoms with Crippen LogP contribution >= 0.6 is 11.6 Å². The number of halogens is 5. The molecule has 0 atom stereocenters. The van der Waals surface area contributed by atoms with Gasteiger partial charge in [0.15, 0.2) is 5.82 Å². The van der Waals surface area contributed by atoms with Crippen molar-refractivity contribution >= 4 is 39.2 Å². The Morgan fingerprint density at radius 2 is 1.82 bits per heavy atom. The van der Waals surface area contributed by atoms with Gasteiger partial charge in [-0.1, -0.05) is 29.8 Å². The number of likely N-dealkylation sites (N-methyl/N-ethyl adjacent to an activating group) is 1. The highest BCUT2D eigenvalue weighted by atomic mass is 35.5. The van der Waals surface area contributed by atoms with Crippen molar-refractivity contribution in [2.24, 2.45) is 0 Å². The van der Waals surface area contributed by atoms with E-state index in [1.165, 1.54) is 25.1 Å². The van der Waals surface area contributed by atoms with Gasteiger partial charge in [-0.3, -0.25) is 4.68 Å². The van der Waals surface area contributed by atoms with Crippen molar-refractivity contribution in [3.05, 3.63) is 52.4 Å². The number of aryl methyl sites for hydroxylation is 1. The molecule has 2 aromatic carbocycles. The van der Waals surface area contributed by atoms with Crippen LogP contribution in [0.4, 0.5) is 23.4 Å². The van der Waals surface area contributed by atoms with E-state index in [4.69, 9.17) is 21.7 Å². The van der Waals surface area contributed by atoms with E-state index in [0.29, 0.717) is 35.9 Å². The summed E-state index contributed by atoms with van der Waals surface area (Å²) >= 11 is 6.63. The summed E-state index contributed by atoms with van der Waals surface area (Å²) in [4.78, 5) is 8.94.